The molecule has 0 saturated heterocycles. The number of rotatable bonds is 7. The Kier molecular flexibility index (Phi) is 6.21. The Morgan fingerprint density at radius 1 is 1.42 bits per heavy atom. The molecule has 0 aromatic heterocycles. The molecule has 0 aliphatic rings. The molecule has 1 aromatic carbocycles. The minimum absolute atomic E-state index is 0.0869. The first-order valence-corrected chi connectivity index (χ1v) is 6.01. The van der Waals surface area contributed by atoms with E-state index in [-0.39, 0.29) is 17.7 Å². The molecule has 2 N–H and O–H groups in total. The number of alkyl halides is 2. The summed E-state index contributed by atoms with van der Waals surface area (Å²) in [5, 5.41) is 5.67. The number of amides is 1. The second kappa shape index (κ2) is 7.68. The van der Waals surface area contributed by atoms with Crippen LogP contribution in [0.15, 0.2) is 24.3 Å². The van der Waals surface area contributed by atoms with Gasteiger partial charge in [-0.25, -0.2) is 0 Å². The molecule has 0 heterocycles. The molecule has 1 unspecified atom stereocenters. The quantitative estimate of drug-likeness (QED) is 0.799. The van der Waals surface area contributed by atoms with E-state index >= 15 is 0 Å². The molecule has 0 fully saturated rings. The second-order valence-electron chi connectivity index (χ2n) is 4.09. The summed E-state index contributed by atoms with van der Waals surface area (Å²) in [6, 6.07) is 6.05. The first-order valence-electron chi connectivity index (χ1n) is 6.01. The van der Waals surface area contributed by atoms with Gasteiger partial charge in [-0.3, -0.25) is 4.79 Å². The lowest BCUT2D eigenvalue weighted by atomic mass is 10.1. The highest BCUT2D eigenvalue weighted by Crippen LogP contribution is 2.20. The van der Waals surface area contributed by atoms with Crippen LogP contribution in [0.25, 0.3) is 0 Å². The Balaban J connectivity index is 2.61. The van der Waals surface area contributed by atoms with Crippen LogP contribution in [0.5, 0.6) is 5.75 Å². The molecular weight excluding hydrogens is 254 g/mol. The van der Waals surface area contributed by atoms with E-state index in [2.05, 4.69) is 15.4 Å². The van der Waals surface area contributed by atoms with Crippen LogP contribution < -0.4 is 15.4 Å². The molecule has 0 bridgehead atoms. The van der Waals surface area contributed by atoms with Crippen molar-refractivity contribution in [1.82, 2.24) is 10.6 Å². The minimum atomic E-state index is -2.85. The summed E-state index contributed by atoms with van der Waals surface area (Å²) >= 11 is 0. The first kappa shape index (κ1) is 15.4. The average molecular weight is 272 g/mol. The van der Waals surface area contributed by atoms with E-state index in [0.717, 1.165) is 5.56 Å². The monoisotopic (exact) mass is 272 g/mol. The molecule has 1 atom stereocenters. The predicted octanol–water partition coefficient (Wildman–Crippen LogP) is 2.07. The zero-order valence-electron chi connectivity index (χ0n) is 11.0. The normalized spacial score (nSPS) is 12.3. The Hall–Kier alpha value is -1.69. The number of hydrogen-bond donors (Lipinski definition) is 2. The standard InChI is InChI=1S/C13H18F2N2O2/c1-9(17-12(18)6-7-16-2)10-4-3-5-11(8-10)19-13(14)15/h3-5,8-9,13,16H,6-7H2,1-2H3,(H,17,18). The molecule has 1 amide bonds. The van der Waals surface area contributed by atoms with Crippen molar-refractivity contribution in [2.24, 2.45) is 0 Å². The number of nitrogens with one attached hydrogen (secondary N) is 2. The van der Waals surface area contributed by atoms with Crippen LogP contribution in [0.4, 0.5) is 8.78 Å². The average Bonchev–Trinajstić information content (AvgIpc) is 2.35. The minimum Gasteiger partial charge on any atom is -0.435 e. The van der Waals surface area contributed by atoms with E-state index in [1.807, 2.05) is 0 Å². The fourth-order valence-corrected chi connectivity index (χ4v) is 1.60. The summed E-state index contributed by atoms with van der Waals surface area (Å²) < 4.78 is 28.5. The third-order valence-electron chi connectivity index (χ3n) is 2.56. The molecule has 6 heteroatoms. The van der Waals surface area contributed by atoms with Crippen LogP contribution in [0.2, 0.25) is 0 Å². The van der Waals surface area contributed by atoms with E-state index < -0.39 is 6.61 Å². The summed E-state index contributed by atoms with van der Waals surface area (Å²) in [6.45, 7) is -0.470. The SMILES string of the molecule is CNCCC(=O)NC(C)c1cccc(OC(F)F)c1. The third-order valence-corrected chi connectivity index (χ3v) is 2.56. The summed E-state index contributed by atoms with van der Waals surface area (Å²) in [7, 11) is 1.77. The molecule has 106 valence electrons. The van der Waals surface area contributed by atoms with Crippen molar-refractivity contribution in [2.75, 3.05) is 13.6 Å². The van der Waals surface area contributed by atoms with Gasteiger partial charge in [0.1, 0.15) is 5.75 Å². The van der Waals surface area contributed by atoms with E-state index in [0.29, 0.717) is 13.0 Å². The summed E-state index contributed by atoms with van der Waals surface area (Å²) in [5.74, 6) is -0.00847. The van der Waals surface area contributed by atoms with Gasteiger partial charge < -0.3 is 15.4 Å². The largest absolute Gasteiger partial charge is 0.435 e. The van der Waals surface area contributed by atoms with Gasteiger partial charge in [0.15, 0.2) is 0 Å². The van der Waals surface area contributed by atoms with Crippen LogP contribution in [0.1, 0.15) is 24.9 Å². The van der Waals surface area contributed by atoms with Gasteiger partial charge in [0.05, 0.1) is 6.04 Å². The molecule has 19 heavy (non-hydrogen) atoms. The summed E-state index contributed by atoms with van der Waals surface area (Å²) in [5.41, 5.74) is 0.718. The maximum atomic E-state index is 12.1. The van der Waals surface area contributed by atoms with Crippen LogP contribution in [0.3, 0.4) is 0 Å². The first-order chi connectivity index (χ1) is 9.02. The Bertz CT molecular complexity index is 413. The number of carbonyl (C=O) groups excluding carboxylic acids is 1. The van der Waals surface area contributed by atoms with Crippen LogP contribution in [-0.2, 0) is 4.79 Å². The van der Waals surface area contributed by atoms with Crippen molar-refractivity contribution >= 4 is 5.91 Å². The Morgan fingerprint density at radius 2 is 2.16 bits per heavy atom. The number of ether oxygens (including phenoxy) is 1. The zero-order valence-corrected chi connectivity index (χ0v) is 11.0. The maximum absolute atomic E-state index is 12.1. The Morgan fingerprint density at radius 3 is 2.79 bits per heavy atom. The van der Waals surface area contributed by atoms with Crippen molar-refractivity contribution in [3.63, 3.8) is 0 Å². The van der Waals surface area contributed by atoms with Gasteiger partial charge in [-0.1, -0.05) is 12.1 Å². The van der Waals surface area contributed by atoms with Crippen molar-refractivity contribution in [2.45, 2.75) is 26.0 Å². The van der Waals surface area contributed by atoms with Gasteiger partial charge in [0, 0.05) is 13.0 Å². The van der Waals surface area contributed by atoms with Crippen molar-refractivity contribution in [3.8, 4) is 5.75 Å². The van der Waals surface area contributed by atoms with Gasteiger partial charge in [-0.2, -0.15) is 8.78 Å². The van der Waals surface area contributed by atoms with Gasteiger partial charge in [-0.05, 0) is 31.7 Å². The highest BCUT2D eigenvalue weighted by molar-refractivity contribution is 5.76. The molecule has 0 saturated carbocycles. The number of benzene rings is 1. The van der Waals surface area contributed by atoms with Gasteiger partial charge >= 0.3 is 6.61 Å². The number of halogens is 2. The molecule has 4 nitrogen and oxygen atoms in total. The summed E-state index contributed by atoms with van der Waals surface area (Å²) in [6.07, 6.45) is 0.369. The smallest absolute Gasteiger partial charge is 0.387 e. The van der Waals surface area contributed by atoms with E-state index in [9.17, 15) is 13.6 Å². The van der Waals surface area contributed by atoms with E-state index in [1.165, 1.54) is 12.1 Å². The molecule has 1 aromatic rings. The maximum Gasteiger partial charge on any atom is 0.387 e. The van der Waals surface area contributed by atoms with Crippen LogP contribution in [-0.4, -0.2) is 26.1 Å². The number of hydrogen-bond acceptors (Lipinski definition) is 3. The van der Waals surface area contributed by atoms with Gasteiger partial charge in [0.2, 0.25) is 5.91 Å². The van der Waals surface area contributed by atoms with Crippen molar-refractivity contribution in [3.05, 3.63) is 29.8 Å². The second-order valence-corrected chi connectivity index (χ2v) is 4.09. The summed E-state index contributed by atoms with van der Waals surface area (Å²) in [4.78, 5) is 11.5. The fraction of sp³-hybridized carbons (Fsp3) is 0.462. The van der Waals surface area contributed by atoms with E-state index in [4.69, 9.17) is 0 Å². The lowest BCUT2D eigenvalue weighted by Gasteiger charge is -2.15. The zero-order chi connectivity index (χ0) is 14.3. The highest BCUT2D eigenvalue weighted by Gasteiger charge is 2.11. The third kappa shape index (κ3) is 5.65. The molecule has 0 aliphatic heterocycles. The van der Waals surface area contributed by atoms with Crippen molar-refractivity contribution < 1.29 is 18.3 Å². The topological polar surface area (TPSA) is 50.4 Å². The predicted molar refractivity (Wildman–Crippen MR) is 68.2 cm³/mol. The molecule has 0 spiro atoms. The van der Waals surface area contributed by atoms with Crippen LogP contribution in [0, 0.1) is 0 Å². The van der Waals surface area contributed by atoms with Gasteiger partial charge in [0.25, 0.3) is 0 Å². The Labute approximate surface area is 111 Å². The van der Waals surface area contributed by atoms with Crippen LogP contribution >= 0.6 is 0 Å². The number of carbonyl (C=O) groups is 1. The van der Waals surface area contributed by atoms with Crippen molar-refractivity contribution in [1.29, 1.82) is 0 Å². The van der Waals surface area contributed by atoms with E-state index in [1.54, 1.807) is 26.1 Å². The molecular formula is C13H18F2N2O2. The molecule has 0 aliphatic carbocycles. The lowest BCUT2D eigenvalue weighted by molar-refractivity contribution is -0.121. The lowest BCUT2D eigenvalue weighted by Crippen LogP contribution is -2.29. The molecule has 1 rings (SSSR count). The highest BCUT2D eigenvalue weighted by atomic mass is 19.3. The fourth-order valence-electron chi connectivity index (χ4n) is 1.60. The molecule has 0 radical (unpaired) electrons. The van der Waals surface area contributed by atoms with Gasteiger partial charge in [-0.15, -0.1) is 0 Å².